The average Bonchev–Trinajstić information content (AvgIpc) is 3.69. The second-order valence-corrected chi connectivity index (χ2v) is 11.5. The molecule has 202 valence electrons. The molecule has 39 heavy (non-hydrogen) atoms. The molecule has 2 aliphatic rings. The Balaban J connectivity index is 1.43. The molecule has 0 aliphatic carbocycles. The van der Waals surface area contributed by atoms with E-state index in [-0.39, 0.29) is 5.56 Å². The Morgan fingerprint density at radius 2 is 1.95 bits per heavy atom. The Kier molecular flexibility index (Phi) is 7.05. The van der Waals surface area contributed by atoms with E-state index in [2.05, 4.69) is 9.80 Å². The summed E-state index contributed by atoms with van der Waals surface area (Å²) in [7, 11) is 1.72. The van der Waals surface area contributed by atoms with Gasteiger partial charge in [0.05, 0.1) is 39.3 Å². The zero-order chi connectivity index (χ0) is 27.1. The first-order valence-electron chi connectivity index (χ1n) is 13.1. The molecule has 0 amide bonds. The molecule has 2 fully saturated rings. The molecule has 0 saturated carbocycles. The predicted molar refractivity (Wildman–Crippen MR) is 156 cm³/mol. The molecule has 2 aromatic carbocycles. The van der Waals surface area contributed by atoms with Gasteiger partial charge in [0, 0.05) is 50.3 Å². The molecule has 10 heteroatoms. The van der Waals surface area contributed by atoms with Crippen LogP contribution in [-0.2, 0) is 4.74 Å². The minimum Gasteiger partial charge on any atom is -0.477 e. The molecule has 1 unspecified atom stereocenters. The van der Waals surface area contributed by atoms with Crippen molar-refractivity contribution in [3.05, 3.63) is 69.5 Å². The standard InChI is InChI=1S/C29H29ClN4O4S/c1-38-17-20-5-4-12-33(20)29-31-23-8-7-19(14-27(23)39-29)34-16-21(28(36)37)26(35)15-25(34)18-6-9-24(22(30)13-18)32-10-2-3-11-32/h6-9,13-16,20H,2-5,10-12,17H2,1H3,(H,36,37). The van der Waals surface area contributed by atoms with Crippen LogP contribution in [0.3, 0.4) is 0 Å². The third kappa shape index (κ3) is 4.90. The van der Waals surface area contributed by atoms with Crippen molar-refractivity contribution < 1.29 is 14.6 Å². The number of anilines is 2. The summed E-state index contributed by atoms with van der Waals surface area (Å²) >= 11 is 8.32. The fourth-order valence-electron chi connectivity index (χ4n) is 5.64. The highest BCUT2D eigenvalue weighted by molar-refractivity contribution is 7.22. The first kappa shape index (κ1) is 25.9. The lowest BCUT2D eigenvalue weighted by atomic mass is 10.1. The fourth-order valence-corrected chi connectivity index (χ4v) is 7.03. The third-order valence-corrected chi connectivity index (χ3v) is 8.95. The van der Waals surface area contributed by atoms with Crippen LogP contribution >= 0.6 is 22.9 Å². The number of thiazole rings is 1. The van der Waals surface area contributed by atoms with Crippen molar-refractivity contribution in [1.29, 1.82) is 0 Å². The number of pyridine rings is 1. The Bertz CT molecular complexity index is 1610. The second kappa shape index (κ2) is 10.6. The van der Waals surface area contributed by atoms with Crippen molar-refractivity contribution in [3.8, 4) is 16.9 Å². The Hall–Kier alpha value is -3.40. The zero-order valence-corrected chi connectivity index (χ0v) is 23.2. The van der Waals surface area contributed by atoms with Crippen LogP contribution in [0.5, 0.6) is 0 Å². The van der Waals surface area contributed by atoms with E-state index >= 15 is 0 Å². The summed E-state index contributed by atoms with van der Waals surface area (Å²) in [6.45, 7) is 3.55. The van der Waals surface area contributed by atoms with Crippen molar-refractivity contribution in [2.75, 3.05) is 43.2 Å². The average molecular weight is 565 g/mol. The lowest BCUT2D eigenvalue weighted by Crippen LogP contribution is -2.32. The van der Waals surface area contributed by atoms with E-state index in [9.17, 15) is 14.7 Å². The second-order valence-electron chi connectivity index (χ2n) is 10.1. The number of carboxylic acid groups (broad SMARTS) is 1. The topological polar surface area (TPSA) is 87.9 Å². The number of aromatic carboxylic acids is 1. The molecule has 1 atom stereocenters. The summed E-state index contributed by atoms with van der Waals surface area (Å²) in [5, 5.41) is 11.3. The van der Waals surface area contributed by atoms with Gasteiger partial charge in [0.1, 0.15) is 5.56 Å². The zero-order valence-electron chi connectivity index (χ0n) is 21.6. The minimum atomic E-state index is -1.26. The van der Waals surface area contributed by atoms with E-state index in [0.29, 0.717) is 23.4 Å². The van der Waals surface area contributed by atoms with Crippen LogP contribution < -0.4 is 15.2 Å². The molecule has 2 saturated heterocycles. The van der Waals surface area contributed by atoms with Crippen LogP contribution in [0.2, 0.25) is 5.02 Å². The smallest absolute Gasteiger partial charge is 0.341 e. The molecular formula is C29H29ClN4O4S. The number of ether oxygens (including phenoxy) is 1. The molecule has 4 aromatic rings. The highest BCUT2D eigenvalue weighted by atomic mass is 35.5. The van der Waals surface area contributed by atoms with Crippen molar-refractivity contribution in [2.45, 2.75) is 31.7 Å². The van der Waals surface area contributed by atoms with Gasteiger partial charge in [-0.15, -0.1) is 0 Å². The van der Waals surface area contributed by atoms with Crippen molar-refractivity contribution >= 4 is 49.9 Å². The number of hydrogen-bond acceptors (Lipinski definition) is 7. The predicted octanol–water partition coefficient (Wildman–Crippen LogP) is 5.68. The van der Waals surface area contributed by atoms with E-state index in [4.69, 9.17) is 21.3 Å². The maximum absolute atomic E-state index is 12.8. The first-order chi connectivity index (χ1) is 18.9. The van der Waals surface area contributed by atoms with Gasteiger partial charge >= 0.3 is 5.97 Å². The number of nitrogens with zero attached hydrogens (tertiary/aromatic N) is 4. The van der Waals surface area contributed by atoms with Gasteiger partial charge in [0.2, 0.25) is 0 Å². The van der Waals surface area contributed by atoms with Gasteiger partial charge in [0.15, 0.2) is 10.6 Å². The molecule has 0 bridgehead atoms. The van der Waals surface area contributed by atoms with Gasteiger partial charge in [-0.05, 0) is 56.0 Å². The number of benzene rings is 2. The number of rotatable bonds is 7. The van der Waals surface area contributed by atoms with Gasteiger partial charge in [-0.1, -0.05) is 29.0 Å². The summed E-state index contributed by atoms with van der Waals surface area (Å²) in [4.78, 5) is 34.1. The lowest BCUT2D eigenvalue weighted by molar-refractivity contribution is 0.0695. The summed E-state index contributed by atoms with van der Waals surface area (Å²) < 4.78 is 8.15. The van der Waals surface area contributed by atoms with Crippen LogP contribution in [0, 0.1) is 0 Å². The highest BCUT2D eigenvalue weighted by Gasteiger charge is 2.27. The highest BCUT2D eigenvalue weighted by Crippen LogP contribution is 2.36. The largest absolute Gasteiger partial charge is 0.477 e. The number of carbonyl (C=O) groups is 1. The Morgan fingerprint density at radius 3 is 2.69 bits per heavy atom. The van der Waals surface area contributed by atoms with E-state index in [1.807, 2.05) is 36.4 Å². The SMILES string of the molecule is COCC1CCCN1c1nc2ccc(-n3cc(C(=O)O)c(=O)cc3-c3ccc(N4CCCC4)c(Cl)c3)cc2s1. The van der Waals surface area contributed by atoms with Gasteiger partial charge in [-0.3, -0.25) is 4.79 Å². The molecule has 4 heterocycles. The van der Waals surface area contributed by atoms with Gasteiger partial charge in [-0.25, -0.2) is 9.78 Å². The first-order valence-corrected chi connectivity index (χ1v) is 14.3. The van der Waals surface area contributed by atoms with E-state index in [1.165, 1.54) is 12.3 Å². The van der Waals surface area contributed by atoms with Crippen LogP contribution in [-0.4, -0.2) is 60.0 Å². The summed E-state index contributed by atoms with van der Waals surface area (Å²) in [5.41, 5.74) is 3.06. The Morgan fingerprint density at radius 1 is 1.13 bits per heavy atom. The van der Waals surface area contributed by atoms with Gasteiger partial charge in [-0.2, -0.15) is 0 Å². The Labute approximate surface area is 235 Å². The van der Waals surface area contributed by atoms with E-state index in [0.717, 1.165) is 77.6 Å². The maximum Gasteiger partial charge on any atom is 0.341 e. The minimum absolute atomic E-state index is 0.289. The molecule has 8 nitrogen and oxygen atoms in total. The quantitative estimate of drug-likeness (QED) is 0.309. The van der Waals surface area contributed by atoms with E-state index < -0.39 is 11.4 Å². The number of fused-ring (bicyclic) bond motifs is 1. The normalized spacial score (nSPS) is 17.4. The molecule has 0 spiro atoms. The number of methoxy groups -OCH3 is 1. The lowest BCUT2D eigenvalue weighted by Gasteiger charge is -2.22. The van der Waals surface area contributed by atoms with Crippen molar-refractivity contribution in [3.63, 3.8) is 0 Å². The number of aromatic nitrogens is 2. The molecule has 1 N–H and O–H groups in total. The van der Waals surface area contributed by atoms with Crippen LogP contribution in [0.25, 0.3) is 27.2 Å². The number of hydrogen-bond donors (Lipinski definition) is 1. The van der Waals surface area contributed by atoms with Gasteiger partial charge in [0.25, 0.3) is 0 Å². The number of halogens is 1. The van der Waals surface area contributed by atoms with Crippen LogP contribution in [0.15, 0.2) is 53.5 Å². The van der Waals surface area contributed by atoms with Crippen molar-refractivity contribution in [2.24, 2.45) is 0 Å². The monoisotopic (exact) mass is 564 g/mol. The molecule has 0 radical (unpaired) electrons. The van der Waals surface area contributed by atoms with Crippen LogP contribution in [0.1, 0.15) is 36.0 Å². The van der Waals surface area contributed by atoms with E-state index in [1.54, 1.807) is 23.0 Å². The molecule has 2 aliphatic heterocycles. The fraction of sp³-hybridized carbons (Fsp3) is 0.345. The van der Waals surface area contributed by atoms with Crippen molar-refractivity contribution in [1.82, 2.24) is 9.55 Å². The summed E-state index contributed by atoms with van der Waals surface area (Å²) in [6, 6.07) is 13.3. The van der Waals surface area contributed by atoms with Crippen LogP contribution in [0.4, 0.5) is 10.8 Å². The molecule has 6 rings (SSSR count). The summed E-state index contributed by atoms with van der Waals surface area (Å²) in [6.07, 6.45) is 5.86. The molecule has 2 aromatic heterocycles. The number of carboxylic acids is 1. The summed E-state index contributed by atoms with van der Waals surface area (Å²) in [5.74, 6) is -1.26. The third-order valence-electron chi connectivity index (χ3n) is 7.59. The van der Waals surface area contributed by atoms with Gasteiger partial charge < -0.3 is 24.2 Å². The molecular weight excluding hydrogens is 536 g/mol. The maximum atomic E-state index is 12.8.